The zero-order chi connectivity index (χ0) is 14.4. The average Bonchev–Trinajstić information content (AvgIpc) is 2.61. The van der Waals surface area contributed by atoms with Crippen molar-refractivity contribution in [3.05, 3.63) is 24.0 Å². The summed E-state index contributed by atoms with van der Waals surface area (Å²) >= 11 is 0. The van der Waals surface area contributed by atoms with E-state index >= 15 is 0 Å². The molecular weight excluding hydrogens is 281 g/mol. The number of imidazole rings is 1. The average molecular weight is 292 g/mol. The van der Waals surface area contributed by atoms with Gasteiger partial charge in [0.2, 0.25) is 0 Å². The number of nitrogens with zero attached hydrogens (tertiary/aromatic N) is 2. The zero-order valence-electron chi connectivity index (χ0n) is 10.2. The van der Waals surface area contributed by atoms with E-state index in [2.05, 4.69) is 4.98 Å². The molecule has 0 N–H and O–H groups in total. The number of alkyl halides is 3. The Bertz CT molecular complexity index is 732. The first-order valence-corrected chi connectivity index (χ1v) is 6.95. The van der Waals surface area contributed by atoms with Gasteiger partial charge in [0.25, 0.3) is 9.84 Å². The van der Waals surface area contributed by atoms with E-state index in [-0.39, 0.29) is 0 Å². The summed E-state index contributed by atoms with van der Waals surface area (Å²) in [6, 6.07) is 3.23. The van der Waals surface area contributed by atoms with Crippen LogP contribution >= 0.6 is 0 Å². The molecule has 0 amide bonds. The van der Waals surface area contributed by atoms with Gasteiger partial charge in [0.15, 0.2) is 0 Å². The highest BCUT2D eigenvalue weighted by Crippen LogP contribution is 2.31. The van der Waals surface area contributed by atoms with Gasteiger partial charge in [0, 0.05) is 6.54 Å². The van der Waals surface area contributed by atoms with Gasteiger partial charge in [-0.1, -0.05) is 0 Å². The lowest BCUT2D eigenvalue weighted by molar-refractivity contribution is -0.0435. The molecule has 2 rings (SSSR count). The third kappa shape index (κ3) is 2.09. The van der Waals surface area contributed by atoms with Crippen molar-refractivity contribution in [3.8, 4) is 0 Å². The Morgan fingerprint density at radius 3 is 2.47 bits per heavy atom. The van der Waals surface area contributed by atoms with Crippen LogP contribution in [0.25, 0.3) is 11.0 Å². The lowest BCUT2D eigenvalue weighted by Crippen LogP contribution is -2.23. The summed E-state index contributed by atoms with van der Waals surface area (Å²) in [6.45, 7) is 4.01. The molecule has 104 valence electrons. The molecule has 0 bridgehead atoms. The molecule has 1 aromatic carbocycles. The fourth-order valence-electron chi connectivity index (χ4n) is 1.92. The summed E-state index contributed by atoms with van der Waals surface area (Å²) in [4.78, 5) is 3.39. The number of benzene rings is 1. The van der Waals surface area contributed by atoms with E-state index in [1.54, 1.807) is 18.4 Å². The van der Waals surface area contributed by atoms with Crippen molar-refractivity contribution >= 4 is 20.9 Å². The number of fused-ring (bicyclic) bond motifs is 1. The Morgan fingerprint density at radius 1 is 1.32 bits per heavy atom. The largest absolute Gasteiger partial charge is 0.501 e. The van der Waals surface area contributed by atoms with Crippen LogP contribution in [0.3, 0.4) is 0 Å². The van der Waals surface area contributed by atoms with Gasteiger partial charge in [-0.2, -0.15) is 13.2 Å². The quantitative estimate of drug-likeness (QED) is 0.855. The molecule has 0 aliphatic heterocycles. The van der Waals surface area contributed by atoms with Gasteiger partial charge in [-0.15, -0.1) is 0 Å². The van der Waals surface area contributed by atoms with Crippen LogP contribution in [0.4, 0.5) is 13.2 Å². The Balaban J connectivity index is 2.72. The maximum atomic E-state index is 12.5. The van der Waals surface area contributed by atoms with E-state index in [1.165, 1.54) is 6.07 Å². The standard InChI is InChI=1S/C11H11F3N2O2S/c1-3-16-7(2)15-9-5-4-8(6-10(9)16)19(17,18)11(12,13)14/h4-6H,3H2,1-2H3. The summed E-state index contributed by atoms with van der Waals surface area (Å²) in [7, 11) is -5.32. The monoisotopic (exact) mass is 292 g/mol. The lowest BCUT2D eigenvalue weighted by atomic mass is 10.3. The third-order valence-electron chi connectivity index (χ3n) is 2.84. The number of sulfone groups is 1. The molecule has 8 heteroatoms. The molecule has 0 fully saturated rings. The molecule has 0 atom stereocenters. The van der Waals surface area contributed by atoms with Crippen molar-refractivity contribution in [2.24, 2.45) is 0 Å². The molecular formula is C11H11F3N2O2S. The van der Waals surface area contributed by atoms with Crippen LogP contribution in [0.2, 0.25) is 0 Å². The first kappa shape index (κ1) is 13.9. The van der Waals surface area contributed by atoms with Crippen LogP contribution in [0, 0.1) is 6.92 Å². The van der Waals surface area contributed by atoms with Crippen molar-refractivity contribution in [2.75, 3.05) is 0 Å². The number of rotatable bonds is 2. The Kier molecular flexibility index (Phi) is 3.08. The minimum absolute atomic E-state index is 0.380. The number of aromatic nitrogens is 2. The highest BCUT2D eigenvalue weighted by Gasteiger charge is 2.47. The van der Waals surface area contributed by atoms with Crippen LogP contribution in [0.5, 0.6) is 0 Å². The Hall–Kier alpha value is -1.57. The van der Waals surface area contributed by atoms with E-state index in [4.69, 9.17) is 0 Å². The molecule has 19 heavy (non-hydrogen) atoms. The molecule has 1 aromatic heterocycles. The summed E-state index contributed by atoms with van der Waals surface area (Å²) in [5, 5.41) is 0. The van der Waals surface area contributed by atoms with Gasteiger partial charge < -0.3 is 4.57 Å². The second-order valence-corrected chi connectivity index (χ2v) is 5.94. The van der Waals surface area contributed by atoms with Gasteiger partial charge in [0.05, 0.1) is 15.9 Å². The molecule has 0 spiro atoms. The van der Waals surface area contributed by atoms with Crippen molar-refractivity contribution < 1.29 is 21.6 Å². The first-order chi connectivity index (χ1) is 8.68. The van der Waals surface area contributed by atoms with Crippen molar-refractivity contribution in [1.82, 2.24) is 9.55 Å². The Morgan fingerprint density at radius 2 is 1.95 bits per heavy atom. The normalized spacial score (nSPS) is 13.1. The summed E-state index contributed by atoms with van der Waals surface area (Å²) in [6.07, 6.45) is 0. The van der Waals surface area contributed by atoms with Crippen molar-refractivity contribution in [1.29, 1.82) is 0 Å². The second-order valence-electron chi connectivity index (χ2n) is 4.00. The van der Waals surface area contributed by atoms with E-state index in [1.807, 2.05) is 0 Å². The van der Waals surface area contributed by atoms with Gasteiger partial charge >= 0.3 is 5.51 Å². The third-order valence-corrected chi connectivity index (χ3v) is 4.33. The van der Waals surface area contributed by atoms with Gasteiger partial charge in [-0.05, 0) is 32.0 Å². The molecule has 2 aromatic rings. The number of halogens is 3. The van der Waals surface area contributed by atoms with Crippen LogP contribution in [-0.4, -0.2) is 23.5 Å². The number of hydrogen-bond donors (Lipinski definition) is 0. The molecule has 0 saturated carbocycles. The molecule has 0 unspecified atom stereocenters. The molecule has 4 nitrogen and oxygen atoms in total. The predicted octanol–water partition coefficient (Wildman–Crippen LogP) is 2.66. The van der Waals surface area contributed by atoms with Crippen LogP contribution < -0.4 is 0 Å². The smallest absolute Gasteiger partial charge is 0.328 e. The van der Waals surface area contributed by atoms with Crippen molar-refractivity contribution in [2.45, 2.75) is 30.8 Å². The van der Waals surface area contributed by atoms with Gasteiger partial charge in [0.1, 0.15) is 5.82 Å². The van der Waals surface area contributed by atoms with E-state index < -0.39 is 20.2 Å². The van der Waals surface area contributed by atoms with Crippen molar-refractivity contribution in [3.63, 3.8) is 0 Å². The lowest BCUT2D eigenvalue weighted by Gasteiger charge is -2.08. The molecule has 0 aliphatic rings. The zero-order valence-corrected chi connectivity index (χ0v) is 11.0. The summed E-state index contributed by atoms with van der Waals surface area (Å²) in [5.74, 6) is 0.624. The maximum Gasteiger partial charge on any atom is 0.501 e. The highest BCUT2D eigenvalue weighted by molar-refractivity contribution is 7.92. The summed E-state index contributed by atoms with van der Waals surface area (Å²) in [5.41, 5.74) is -4.45. The topological polar surface area (TPSA) is 52.0 Å². The predicted molar refractivity (Wildman–Crippen MR) is 63.4 cm³/mol. The Labute approximate surface area is 107 Å². The SMILES string of the molecule is CCn1c(C)nc2ccc(S(=O)(=O)C(F)(F)F)cc21. The molecule has 0 radical (unpaired) electrons. The van der Waals surface area contributed by atoms with Crippen LogP contribution in [0.15, 0.2) is 23.1 Å². The van der Waals surface area contributed by atoms with Crippen LogP contribution in [0.1, 0.15) is 12.7 Å². The van der Waals surface area contributed by atoms with Gasteiger partial charge in [-0.25, -0.2) is 13.4 Å². The first-order valence-electron chi connectivity index (χ1n) is 5.46. The number of hydrogen-bond acceptors (Lipinski definition) is 3. The van der Waals surface area contributed by atoms with E-state index in [0.29, 0.717) is 23.4 Å². The molecule has 0 saturated heterocycles. The second kappa shape index (κ2) is 4.22. The minimum atomic E-state index is -5.32. The van der Waals surface area contributed by atoms with Crippen LogP contribution in [-0.2, 0) is 16.4 Å². The highest BCUT2D eigenvalue weighted by atomic mass is 32.2. The molecule has 0 aliphatic carbocycles. The minimum Gasteiger partial charge on any atom is -0.328 e. The fourth-order valence-corrected chi connectivity index (χ4v) is 2.70. The molecule has 1 heterocycles. The maximum absolute atomic E-state index is 12.5. The summed E-state index contributed by atoms with van der Waals surface area (Å²) < 4.78 is 61.8. The van der Waals surface area contributed by atoms with E-state index in [9.17, 15) is 21.6 Å². The fraction of sp³-hybridized carbons (Fsp3) is 0.364. The van der Waals surface area contributed by atoms with E-state index in [0.717, 1.165) is 12.1 Å². The number of aryl methyl sites for hydroxylation is 2. The van der Waals surface area contributed by atoms with Gasteiger partial charge in [-0.3, -0.25) is 0 Å².